The molecule has 0 bridgehead atoms. The predicted molar refractivity (Wildman–Crippen MR) is 75.1 cm³/mol. The quantitative estimate of drug-likeness (QED) is 0.903. The number of hydrogen-bond acceptors (Lipinski definition) is 4. The lowest BCUT2D eigenvalue weighted by molar-refractivity contribution is 0.0308. The summed E-state index contributed by atoms with van der Waals surface area (Å²) in [5, 5.41) is 7.90. The number of rotatable bonds is 4. The van der Waals surface area contributed by atoms with Crippen LogP contribution in [0.5, 0.6) is 0 Å². The topological polar surface area (TPSA) is 52.0 Å². The highest BCUT2D eigenvalue weighted by molar-refractivity contribution is 4.89. The van der Waals surface area contributed by atoms with Gasteiger partial charge in [-0.1, -0.05) is 0 Å². The summed E-state index contributed by atoms with van der Waals surface area (Å²) in [4.78, 5) is 4.32. The van der Waals surface area contributed by atoms with Crippen molar-refractivity contribution < 1.29 is 4.74 Å². The molecule has 5 heteroatoms. The molecule has 1 aromatic rings. The lowest BCUT2D eigenvalue weighted by Gasteiger charge is -2.23. The summed E-state index contributed by atoms with van der Waals surface area (Å²) in [6.07, 6.45) is 2.83. The Balaban J connectivity index is 1.80. The molecule has 2 heterocycles. The van der Waals surface area contributed by atoms with Gasteiger partial charge in [0.2, 0.25) is 0 Å². The maximum Gasteiger partial charge on any atom is 0.147 e. The van der Waals surface area contributed by atoms with Gasteiger partial charge in [-0.25, -0.2) is 9.67 Å². The summed E-state index contributed by atoms with van der Waals surface area (Å²) in [5.41, 5.74) is 0.154. The number of aromatic nitrogens is 3. The number of nitrogens with zero attached hydrogens (tertiary/aromatic N) is 3. The third-order valence-corrected chi connectivity index (χ3v) is 3.39. The van der Waals surface area contributed by atoms with Crippen LogP contribution in [0, 0.1) is 13.8 Å². The van der Waals surface area contributed by atoms with Crippen molar-refractivity contribution in [2.45, 2.75) is 71.8 Å². The van der Waals surface area contributed by atoms with Crippen LogP contribution in [0.4, 0.5) is 0 Å². The van der Waals surface area contributed by atoms with Gasteiger partial charge in [0.1, 0.15) is 11.6 Å². The van der Waals surface area contributed by atoms with Crippen LogP contribution in [0.2, 0.25) is 0 Å². The van der Waals surface area contributed by atoms with E-state index < -0.39 is 0 Å². The molecule has 0 aliphatic carbocycles. The van der Waals surface area contributed by atoms with E-state index in [1.807, 2.05) is 18.5 Å². The van der Waals surface area contributed by atoms with Crippen LogP contribution in [-0.4, -0.2) is 39.1 Å². The first-order valence-electron chi connectivity index (χ1n) is 7.12. The van der Waals surface area contributed by atoms with E-state index in [9.17, 15) is 0 Å². The standard InChI is InChI=1S/C14H26N4O/c1-10-16-11(2)18(17-10)9-13-7-6-12(19-13)8-15-14(3,4)5/h12-13,15H,6-9H2,1-5H3. The fraction of sp³-hybridized carbons (Fsp3) is 0.857. The molecule has 0 saturated carbocycles. The number of hydrogen-bond donors (Lipinski definition) is 1. The molecule has 2 rings (SSSR count). The summed E-state index contributed by atoms with van der Waals surface area (Å²) in [6, 6.07) is 0. The molecule has 1 fully saturated rings. The molecule has 0 radical (unpaired) electrons. The second-order valence-electron chi connectivity index (χ2n) is 6.48. The third kappa shape index (κ3) is 4.28. The van der Waals surface area contributed by atoms with Crippen molar-refractivity contribution >= 4 is 0 Å². The van der Waals surface area contributed by atoms with Gasteiger partial charge in [-0.2, -0.15) is 5.10 Å². The smallest absolute Gasteiger partial charge is 0.147 e. The summed E-state index contributed by atoms with van der Waals surface area (Å²) in [6.45, 7) is 12.2. The fourth-order valence-corrected chi connectivity index (χ4v) is 2.41. The minimum Gasteiger partial charge on any atom is -0.372 e. The zero-order chi connectivity index (χ0) is 14.0. The predicted octanol–water partition coefficient (Wildman–Crippen LogP) is 1.83. The Morgan fingerprint density at radius 3 is 2.53 bits per heavy atom. The van der Waals surface area contributed by atoms with Crippen molar-refractivity contribution in [2.75, 3.05) is 6.54 Å². The SMILES string of the molecule is Cc1nc(C)n(CC2CCC(CNC(C)(C)C)O2)n1. The van der Waals surface area contributed by atoms with Crippen LogP contribution in [0.3, 0.4) is 0 Å². The Kier molecular flexibility index (Phi) is 4.26. The van der Waals surface area contributed by atoms with Crippen molar-refractivity contribution in [1.82, 2.24) is 20.1 Å². The van der Waals surface area contributed by atoms with Gasteiger partial charge in [0.25, 0.3) is 0 Å². The van der Waals surface area contributed by atoms with E-state index >= 15 is 0 Å². The Bertz CT molecular complexity index is 422. The second kappa shape index (κ2) is 5.59. The van der Waals surface area contributed by atoms with E-state index in [4.69, 9.17) is 4.74 Å². The van der Waals surface area contributed by atoms with Crippen molar-refractivity contribution in [2.24, 2.45) is 0 Å². The minimum atomic E-state index is 0.154. The van der Waals surface area contributed by atoms with Crippen LogP contribution < -0.4 is 5.32 Å². The van der Waals surface area contributed by atoms with Gasteiger partial charge in [0, 0.05) is 12.1 Å². The minimum absolute atomic E-state index is 0.154. The molecule has 2 unspecified atom stereocenters. The highest BCUT2D eigenvalue weighted by atomic mass is 16.5. The van der Waals surface area contributed by atoms with Gasteiger partial charge in [-0.3, -0.25) is 0 Å². The van der Waals surface area contributed by atoms with E-state index in [-0.39, 0.29) is 11.6 Å². The lowest BCUT2D eigenvalue weighted by atomic mass is 10.1. The molecular formula is C14H26N4O. The highest BCUT2D eigenvalue weighted by Crippen LogP contribution is 2.21. The first-order chi connectivity index (χ1) is 8.83. The second-order valence-corrected chi connectivity index (χ2v) is 6.48. The van der Waals surface area contributed by atoms with E-state index in [0.29, 0.717) is 6.10 Å². The summed E-state index contributed by atoms with van der Waals surface area (Å²) in [5.74, 6) is 1.80. The van der Waals surface area contributed by atoms with Crippen LogP contribution in [0.15, 0.2) is 0 Å². The van der Waals surface area contributed by atoms with Crippen molar-refractivity contribution in [3.8, 4) is 0 Å². The zero-order valence-electron chi connectivity index (χ0n) is 12.7. The van der Waals surface area contributed by atoms with Crippen molar-refractivity contribution in [3.05, 3.63) is 11.6 Å². The molecule has 19 heavy (non-hydrogen) atoms. The average Bonchev–Trinajstić information content (AvgIpc) is 2.83. The molecule has 0 aromatic carbocycles. The Labute approximate surface area is 115 Å². The first kappa shape index (κ1) is 14.5. The molecule has 1 aliphatic heterocycles. The van der Waals surface area contributed by atoms with Gasteiger partial charge in [-0.05, 0) is 47.5 Å². The van der Waals surface area contributed by atoms with Gasteiger partial charge >= 0.3 is 0 Å². The largest absolute Gasteiger partial charge is 0.372 e. The molecule has 2 atom stereocenters. The molecule has 5 nitrogen and oxygen atoms in total. The normalized spacial score (nSPS) is 24.1. The molecule has 1 saturated heterocycles. The number of aryl methyl sites for hydroxylation is 2. The fourth-order valence-electron chi connectivity index (χ4n) is 2.41. The summed E-state index contributed by atoms with van der Waals surface area (Å²) >= 11 is 0. The van der Waals surface area contributed by atoms with E-state index in [0.717, 1.165) is 37.6 Å². The molecule has 108 valence electrons. The molecular weight excluding hydrogens is 240 g/mol. The van der Waals surface area contributed by atoms with Gasteiger partial charge in [0.15, 0.2) is 0 Å². The maximum absolute atomic E-state index is 6.07. The molecule has 0 amide bonds. The van der Waals surface area contributed by atoms with Crippen molar-refractivity contribution in [3.63, 3.8) is 0 Å². The van der Waals surface area contributed by atoms with Gasteiger partial charge < -0.3 is 10.1 Å². The lowest BCUT2D eigenvalue weighted by Crippen LogP contribution is -2.41. The van der Waals surface area contributed by atoms with Crippen LogP contribution in [0.25, 0.3) is 0 Å². The number of nitrogens with one attached hydrogen (secondary N) is 1. The summed E-state index contributed by atoms with van der Waals surface area (Å²) in [7, 11) is 0. The molecule has 0 spiro atoms. The van der Waals surface area contributed by atoms with Gasteiger partial charge in [0.05, 0.1) is 18.8 Å². The summed E-state index contributed by atoms with van der Waals surface area (Å²) < 4.78 is 8.03. The Morgan fingerprint density at radius 1 is 1.26 bits per heavy atom. The molecule has 1 aromatic heterocycles. The number of ether oxygens (including phenoxy) is 1. The highest BCUT2D eigenvalue weighted by Gasteiger charge is 2.27. The van der Waals surface area contributed by atoms with E-state index in [1.165, 1.54) is 0 Å². The van der Waals surface area contributed by atoms with Crippen LogP contribution in [0.1, 0.15) is 45.3 Å². The van der Waals surface area contributed by atoms with Crippen LogP contribution >= 0.6 is 0 Å². The van der Waals surface area contributed by atoms with Crippen LogP contribution in [-0.2, 0) is 11.3 Å². The Hall–Kier alpha value is -0.940. The van der Waals surface area contributed by atoms with E-state index in [1.54, 1.807) is 0 Å². The van der Waals surface area contributed by atoms with Crippen molar-refractivity contribution in [1.29, 1.82) is 0 Å². The Morgan fingerprint density at radius 2 is 1.95 bits per heavy atom. The zero-order valence-corrected chi connectivity index (χ0v) is 12.7. The monoisotopic (exact) mass is 266 g/mol. The molecule has 1 N–H and O–H groups in total. The maximum atomic E-state index is 6.07. The van der Waals surface area contributed by atoms with Gasteiger partial charge in [-0.15, -0.1) is 0 Å². The van der Waals surface area contributed by atoms with E-state index in [2.05, 4.69) is 36.2 Å². The average molecular weight is 266 g/mol. The third-order valence-electron chi connectivity index (χ3n) is 3.39. The molecule has 1 aliphatic rings. The first-order valence-corrected chi connectivity index (χ1v) is 7.12.